The van der Waals surface area contributed by atoms with Crippen LogP contribution in [-0.4, -0.2) is 76.6 Å². The number of carbonyl (C=O) groups excluding carboxylic acids is 1. The summed E-state index contributed by atoms with van der Waals surface area (Å²) in [5.41, 5.74) is 0. The van der Waals surface area contributed by atoms with Crippen LogP contribution in [0.15, 0.2) is 0 Å². The number of hydrogen-bond donors (Lipinski definition) is 4. The molecule has 0 aromatic carbocycles. The van der Waals surface area contributed by atoms with Crippen LogP contribution in [0.4, 0.5) is 8.78 Å². The molecule has 0 bridgehead atoms. The third-order valence-corrected chi connectivity index (χ3v) is 3.40. The van der Waals surface area contributed by atoms with Crippen molar-refractivity contribution in [3.8, 4) is 0 Å². The molecule has 7 atom stereocenters. The number of aliphatic hydroxyl groups excluding tert-OH is 4. The zero-order valence-electron chi connectivity index (χ0n) is 10.9. The highest BCUT2D eigenvalue weighted by Crippen LogP contribution is 2.38. The summed E-state index contributed by atoms with van der Waals surface area (Å²) in [6, 6.07) is 0. The lowest BCUT2D eigenvalue weighted by atomic mass is 9.84. The maximum absolute atomic E-state index is 14.3. The molecule has 0 spiro atoms. The van der Waals surface area contributed by atoms with Crippen LogP contribution in [0.3, 0.4) is 0 Å². The van der Waals surface area contributed by atoms with Crippen molar-refractivity contribution in [1.29, 1.82) is 0 Å². The van der Waals surface area contributed by atoms with Gasteiger partial charge in [-0.2, -0.15) is 4.39 Å². The molecule has 0 saturated carbocycles. The predicted molar refractivity (Wildman–Crippen MR) is 59.9 cm³/mol. The van der Waals surface area contributed by atoms with Gasteiger partial charge in [0.2, 0.25) is 0 Å². The minimum atomic E-state index is -3.60. The summed E-state index contributed by atoms with van der Waals surface area (Å²) in [7, 11) is 0.804. The van der Waals surface area contributed by atoms with Gasteiger partial charge in [0.25, 0.3) is 0 Å². The van der Waals surface area contributed by atoms with Crippen LogP contribution in [0.5, 0.6) is 0 Å². The first-order valence-corrected chi connectivity index (χ1v) is 5.95. The van der Waals surface area contributed by atoms with Crippen LogP contribution in [-0.2, 0) is 14.3 Å². The second kappa shape index (κ2) is 6.27. The molecule has 1 fully saturated rings. The Morgan fingerprint density at radius 3 is 2.50 bits per heavy atom. The maximum Gasteiger partial charge on any atom is 0.375 e. The SMILES string of the molecule is COC(=O)C1(F)OC(C(O)C(O)CO)C(C)C(O)C1F. The lowest BCUT2D eigenvalue weighted by Crippen LogP contribution is -2.64. The van der Waals surface area contributed by atoms with Crippen LogP contribution in [0.25, 0.3) is 0 Å². The molecule has 7 nitrogen and oxygen atoms in total. The summed E-state index contributed by atoms with van der Waals surface area (Å²) >= 11 is 0. The number of methoxy groups -OCH3 is 1. The predicted octanol–water partition coefficient (Wildman–Crippen LogP) is -1.73. The largest absolute Gasteiger partial charge is 0.465 e. The summed E-state index contributed by atoms with van der Waals surface area (Å²) < 4.78 is 36.8. The number of hydrogen-bond acceptors (Lipinski definition) is 7. The van der Waals surface area contributed by atoms with Gasteiger partial charge in [-0.1, -0.05) is 6.92 Å². The fourth-order valence-corrected chi connectivity index (χ4v) is 2.06. The van der Waals surface area contributed by atoms with Crippen LogP contribution in [0.1, 0.15) is 6.92 Å². The Kier molecular flexibility index (Phi) is 5.39. The standard InChI is InChI=1S/C11H18F2O7/c1-4-6(16)9(12)11(13,10(18)19-2)20-8(4)7(17)5(15)3-14/h4-9,14-17H,3H2,1-2H3. The number of alkyl halides is 2. The van der Waals surface area contributed by atoms with Crippen molar-refractivity contribution in [2.24, 2.45) is 5.92 Å². The maximum atomic E-state index is 14.3. The van der Waals surface area contributed by atoms with E-state index in [2.05, 4.69) is 9.47 Å². The Balaban J connectivity index is 3.06. The Bertz CT molecular complexity index is 352. The highest BCUT2D eigenvalue weighted by atomic mass is 19.2. The summed E-state index contributed by atoms with van der Waals surface area (Å²) in [5.74, 6) is -6.43. The Morgan fingerprint density at radius 1 is 1.50 bits per heavy atom. The van der Waals surface area contributed by atoms with Gasteiger partial charge in [0, 0.05) is 5.92 Å². The normalized spacial score (nSPS) is 41.0. The minimum absolute atomic E-state index is 0.804. The van der Waals surface area contributed by atoms with Gasteiger partial charge in [0.15, 0.2) is 6.17 Å². The molecule has 1 aliphatic rings. The summed E-state index contributed by atoms with van der Waals surface area (Å²) in [6.07, 6.45) is -9.80. The van der Waals surface area contributed by atoms with E-state index in [9.17, 15) is 28.9 Å². The van der Waals surface area contributed by atoms with Crippen molar-refractivity contribution >= 4 is 5.97 Å². The van der Waals surface area contributed by atoms with Gasteiger partial charge in [0.1, 0.15) is 12.2 Å². The highest BCUT2D eigenvalue weighted by molar-refractivity contribution is 5.78. The second-order valence-electron chi connectivity index (χ2n) is 4.71. The molecule has 9 heteroatoms. The van der Waals surface area contributed by atoms with E-state index in [1.54, 1.807) is 0 Å². The molecule has 4 N–H and O–H groups in total. The van der Waals surface area contributed by atoms with Crippen LogP contribution in [0, 0.1) is 5.92 Å². The van der Waals surface area contributed by atoms with Crippen molar-refractivity contribution in [2.45, 2.75) is 43.4 Å². The van der Waals surface area contributed by atoms with E-state index in [1.807, 2.05) is 0 Å². The molecule has 20 heavy (non-hydrogen) atoms. The first kappa shape index (κ1) is 17.2. The molecule has 0 radical (unpaired) electrons. The van der Waals surface area contributed by atoms with Gasteiger partial charge in [-0.05, 0) is 0 Å². The van der Waals surface area contributed by atoms with Crippen LogP contribution >= 0.6 is 0 Å². The van der Waals surface area contributed by atoms with E-state index in [1.165, 1.54) is 6.92 Å². The average Bonchev–Trinajstić information content (AvgIpc) is 2.46. The van der Waals surface area contributed by atoms with E-state index in [-0.39, 0.29) is 0 Å². The van der Waals surface area contributed by atoms with Gasteiger partial charge in [-0.15, -0.1) is 0 Å². The summed E-state index contributed by atoms with van der Waals surface area (Å²) in [5, 5.41) is 37.4. The first-order chi connectivity index (χ1) is 9.20. The number of halogens is 2. The van der Waals surface area contributed by atoms with Crippen molar-refractivity contribution in [2.75, 3.05) is 13.7 Å². The Morgan fingerprint density at radius 2 is 2.05 bits per heavy atom. The van der Waals surface area contributed by atoms with E-state index in [4.69, 9.17) is 5.11 Å². The fourth-order valence-electron chi connectivity index (χ4n) is 2.06. The zero-order chi connectivity index (χ0) is 15.7. The average molecular weight is 300 g/mol. The molecule has 1 heterocycles. The Labute approximate surface area is 113 Å². The van der Waals surface area contributed by atoms with Crippen molar-refractivity contribution in [1.82, 2.24) is 0 Å². The molecule has 0 aromatic heterocycles. The third-order valence-electron chi connectivity index (χ3n) is 3.40. The van der Waals surface area contributed by atoms with Gasteiger partial charge in [0.05, 0.1) is 25.9 Å². The van der Waals surface area contributed by atoms with Crippen molar-refractivity contribution in [3.63, 3.8) is 0 Å². The second-order valence-corrected chi connectivity index (χ2v) is 4.71. The van der Waals surface area contributed by atoms with Gasteiger partial charge >= 0.3 is 11.8 Å². The fraction of sp³-hybridized carbons (Fsp3) is 0.909. The van der Waals surface area contributed by atoms with E-state index in [0.717, 1.165) is 7.11 Å². The molecule has 0 amide bonds. The molecule has 7 unspecified atom stereocenters. The van der Waals surface area contributed by atoms with E-state index in [0.29, 0.717) is 0 Å². The van der Waals surface area contributed by atoms with Crippen molar-refractivity contribution < 1.29 is 43.5 Å². The number of carbonyl (C=O) groups is 1. The Hall–Kier alpha value is -0.870. The minimum Gasteiger partial charge on any atom is -0.465 e. The molecule has 118 valence electrons. The lowest BCUT2D eigenvalue weighted by molar-refractivity contribution is -0.302. The topological polar surface area (TPSA) is 116 Å². The smallest absolute Gasteiger partial charge is 0.375 e. The monoisotopic (exact) mass is 300 g/mol. The van der Waals surface area contributed by atoms with Crippen LogP contribution < -0.4 is 0 Å². The molecular weight excluding hydrogens is 282 g/mol. The summed E-state index contributed by atoms with van der Waals surface area (Å²) in [6.45, 7) is 0.381. The number of aliphatic hydroxyl groups is 4. The van der Waals surface area contributed by atoms with Gasteiger partial charge in [-0.3, -0.25) is 0 Å². The molecule has 0 aliphatic carbocycles. The van der Waals surface area contributed by atoms with Crippen molar-refractivity contribution in [3.05, 3.63) is 0 Å². The number of ether oxygens (including phenoxy) is 2. The van der Waals surface area contributed by atoms with Gasteiger partial charge in [-0.25, -0.2) is 9.18 Å². The molecule has 1 saturated heterocycles. The molecular formula is C11H18F2O7. The zero-order valence-corrected chi connectivity index (χ0v) is 10.9. The molecule has 0 aromatic rings. The molecule has 1 rings (SSSR count). The number of esters is 1. The number of rotatable bonds is 4. The lowest BCUT2D eigenvalue weighted by Gasteiger charge is -2.44. The van der Waals surface area contributed by atoms with Crippen LogP contribution in [0.2, 0.25) is 0 Å². The third kappa shape index (κ3) is 2.77. The van der Waals surface area contributed by atoms with Gasteiger partial charge < -0.3 is 29.9 Å². The molecule has 1 aliphatic heterocycles. The van der Waals surface area contributed by atoms with E-state index >= 15 is 0 Å². The first-order valence-electron chi connectivity index (χ1n) is 5.95. The quantitative estimate of drug-likeness (QED) is 0.456. The summed E-state index contributed by atoms with van der Waals surface area (Å²) in [4.78, 5) is 11.3. The van der Waals surface area contributed by atoms with E-state index < -0.39 is 54.9 Å². The highest BCUT2D eigenvalue weighted by Gasteiger charge is 2.61.